The Labute approximate surface area is 132 Å². The van der Waals surface area contributed by atoms with Crippen LogP contribution in [0.25, 0.3) is 0 Å². The van der Waals surface area contributed by atoms with Crippen molar-refractivity contribution in [2.45, 2.75) is 11.5 Å². The highest BCUT2D eigenvalue weighted by molar-refractivity contribution is 7.90. The molecule has 0 aliphatic carbocycles. The molecule has 0 heterocycles. The highest BCUT2D eigenvalue weighted by Crippen LogP contribution is 2.23. The maximum atomic E-state index is 13.4. The highest BCUT2D eigenvalue weighted by atomic mass is 35.5. The second-order valence-electron chi connectivity index (χ2n) is 4.58. The number of benzene rings is 2. The monoisotopic (exact) mass is 342 g/mol. The summed E-state index contributed by atoms with van der Waals surface area (Å²) in [5, 5.41) is 0.0214. The average Bonchev–Trinajstić information content (AvgIpc) is 2.45. The van der Waals surface area contributed by atoms with Crippen molar-refractivity contribution in [2.24, 2.45) is 0 Å². The summed E-state index contributed by atoms with van der Waals surface area (Å²) >= 11 is 5.80. The number of hydrogen-bond acceptors (Lipinski definition) is 4. The van der Waals surface area contributed by atoms with Crippen LogP contribution in [0.3, 0.4) is 0 Å². The summed E-state index contributed by atoms with van der Waals surface area (Å²) < 4.78 is 41.5. The van der Waals surface area contributed by atoms with Gasteiger partial charge in [-0.25, -0.2) is 17.6 Å². The lowest BCUT2D eigenvalue weighted by Crippen LogP contribution is -2.08. The van der Waals surface area contributed by atoms with Gasteiger partial charge in [0.05, 0.1) is 15.5 Å². The van der Waals surface area contributed by atoms with Gasteiger partial charge in [0.2, 0.25) is 0 Å². The van der Waals surface area contributed by atoms with Gasteiger partial charge in [-0.05, 0) is 24.3 Å². The van der Waals surface area contributed by atoms with E-state index in [0.717, 1.165) is 12.3 Å². The van der Waals surface area contributed by atoms with Gasteiger partial charge in [-0.2, -0.15) is 0 Å². The lowest BCUT2D eigenvalue weighted by molar-refractivity contribution is 0.0468. The first-order chi connectivity index (χ1) is 10.3. The summed E-state index contributed by atoms with van der Waals surface area (Å²) in [6.45, 7) is -0.248. The quantitative estimate of drug-likeness (QED) is 0.800. The topological polar surface area (TPSA) is 60.4 Å². The summed E-state index contributed by atoms with van der Waals surface area (Å²) in [5.41, 5.74) is 0.259. The van der Waals surface area contributed by atoms with Crippen molar-refractivity contribution in [1.29, 1.82) is 0 Å². The first-order valence-corrected chi connectivity index (χ1v) is 8.46. The molecule has 2 aromatic carbocycles. The minimum atomic E-state index is -3.56. The normalized spacial score (nSPS) is 11.2. The molecule has 0 saturated carbocycles. The van der Waals surface area contributed by atoms with E-state index in [1.807, 2.05) is 0 Å². The van der Waals surface area contributed by atoms with Crippen LogP contribution in [0, 0.1) is 5.82 Å². The molecule has 0 saturated heterocycles. The van der Waals surface area contributed by atoms with E-state index in [-0.39, 0.29) is 27.7 Å². The Morgan fingerprint density at radius 2 is 1.91 bits per heavy atom. The predicted octanol–water partition coefficient (Wildman–Crippen LogP) is 3.24. The van der Waals surface area contributed by atoms with E-state index in [4.69, 9.17) is 16.3 Å². The second-order valence-corrected chi connectivity index (χ2v) is 6.98. The summed E-state index contributed by atoms with van der Waals surface area (Å²) in [5.74, 6) is -1.24. The molecule has 0 radical (unpaired) electrons. The molecular formula is C15H12ClFO4S. The number of halogens is 2. The third-order valence-corrected chi connectivity index (χ3v) is 4.46. The lowest BCUT2D eigenvalue weighted by Gasteiger charge is -2.08. The summed E-state index contributed by atoms with van der Waals surface area (Å²) in [7, 11) is -3.56. The van der Waals surface area contributed by atoms with E-state index in [1.54, 1.807) is 6.07 Å². The van der Waals surface area contributed by atoms with Crippen LogP contribution in [0.15, 0.2) is 47.4 Å². The zero-order valence-electron chi connectivity index (χ0n) is 11.5. The summed E-state index contributed by atoms with van der Waals surface area (Å²) in [6, 6.07) is 9.69. The van der Waals surface area contributed by atoms with Gasteiger partial charge in [-0.15, -0.1) is 0 Å². The number of carbonyl (C=O) groups is 1. The van der Waals surface area contributed by atoms with Crippen molar-refractivity contribution in [2.75, 3.05) is 6.26 Å². The van der Waals surface area contributed by atoms with Crippen LogP contribution in [-0.2, 0) is 21.2 Å². The predicted molar refractivity (Wildman–Crippen MR) is 80.1 cm³/mol. The Balaban J connectivity index is 2.19. The second kappa shape index (κ2) is 6.46. The van der Waals surface area contributed by atoms with Crippen LogP contribution in [0.4, 0.5) is 4.39 Å². The fourth-order valence-electron chi connectivity index (χ4n) is 1.76. The molecule has 2 rings (SSSR count). The number of hydrogen-bond donors (Lipinski definition) is 0. The van der Waals surface area contributed by atoms with Crippen LogP contribution < -0.4 is 0 Å². The molecule has 0 amide bonds. The summed E-state index contributed by atoms with van der Waals surface area (Å²) in [6.07, 6.45) is 0.989. The van der Waals surface area contributed by atoms with Crippen molar-refractivity contribution in [3.8, 4) is 0 Å². The van der Waals surface area contributed by atoms with Crippen LogP contribution in [0.5, 0.6) is 0 Å². The van der Waals surface area contributed by atoms with Gasteiger partial charge in [0.1, 0.15) is 12.4 Å². The van der Waals surface area contributed by atoms with Gasteiger partial charge >= 0.3 is 5.97 Å². The molecule has 0 fully saturated rings. The van der Waals surface area contributed by atoms with Crippen molar-refractivity contribution >= 4 is 27.4 Å². The SMILES string of the molecule is CS(=O)(=O)c1cc(C(=O)OCc2ccccc2F)ccc1Cl. The zero-order chi connectivity index (χ0) is 16.3. The molecule has 4 nitrogen and oxygen atoms in total. The number of carbonyl (C=O) groups excluding carboxylic acids is 1. The molecular weight excluding hydrogens is 331 g/mol. The molecule has 0 N–H and O–H groups in total. The van der Waals surface area contributed by atoms with Gasteiger partial charge in [0.15, 0.2) is 9.84 Å². The van der Waals surface area contributed by atoms with E-state index in [0.29, 0.717) is 0 Å². The highest BCUT2D eigenvalue weighted by Gasteiger charge is 2.17. The molecule has 0 aliphatic heterocycles. The lowest BCUT2D eigenvalue weighted by atomic mass is 10.2. The van der Waals surface area contributed by atoms with Crippen molar-refractivity contribution in [3.05, 3.63) is 64.4 Å². The fourth-order valence-corrected chi connectivity index (χ4v) is 3.06. The Morgan fingerprint density at radius 3 is 2.55 bits per heavy atom. The third-order valence-electron chi connectivity index (χ3n) is 2.88. The van der Waals surface area contributed by atoms with E-state index >= 15 is 0 Å². The Bertz CT molecular complexity index is 818. The number of ether oxygens (including phenoxy) is 1. The van der Waals surface area contributed by atoms with Gasteiger partial charge in [0.25, 0.3) is 0 Å². The Morgan fingerprint density at radius 1 is 1.23 bits per heavy atom. The van der Waals surface area contributed by atoms with Crippen LogP contribution in [0.2, 0.25) is 5.02 Å². The molecule has 2 aromatic rings. The molecule has 0 spiro atoms. The molecule has 0 bridgehead atoms. The van der Waals surface area contributed by atoms with E-state index in [9.17, 15) is 17.6 Å². The van der Waals surface area contributed by atoms with E-state index in [2.05, 4.69) is 0 Å². The number of esters is 1. The van der Waals surface area contributed by atoms with Crippen molar-refractivity contribution in [1.82, 2.24) is 0 Å². The minimum absolute atomic E-state index is 0.0214. The largest absolute Gasteiger partial charge is 0.457 e. The standard InChI is InChI=1S/C15H12ClFO4S/c1-22(19,20)14-8-10(6-7-12(14)16)15(18)21-9-11-4-2-3-5-13(11)17/h2-8H,9H2,1H3. The number of sulfone groups is 1. The molecule has 0 unspecified atom stereocenters. The number of rotatable bonds is 4. The first-order valence-electron chi connectivity index (χ1n) is 6.19. The molecule has 7 heteroatoms. The van der Waals surface area contributed by atoms with E-state index < -0.39 is 21.6 Å². The summed E-state index contributed by atoms with van der Waals surface area (Å²) in [4.78, 5) is 11.8. The van der Waals surface area contributed by atoms with Crippen LogP contribution in [0.1, 0.15) is 15.9 Å². The Kier molecular flexibility index (Phi) is 4.83. The molecule has 0 atom stereocenters. The molecule has 116 valence electrons. The van der Waals surface area contributed by atoms with Crippen LogP contribution in [-0.4, -0.2) is 20.6 Å². The smallest absolute Gasteiger partial charge is 0.338 e. The molecule has 22 heavy (non-hydrogen) atoms. The molecule has 0 aliphatic rings. The Hall–Kier alpha value is -1.92. The first kappa shape index (κ1) is 16.5. The zero-order valence-corrected chi connectivity index (χ0v) is 13.1. The van der Waals surface area contributed by atoms with Gasteiger partial charge in [0, 0.05) is 11.8 Å². The van der Waals surface area contributed by atoms with Gasteiger partial charge in [-0.3, -0.25) is 0 Å². The maximum Gasteiger partial charge on any atom is 0.338 e. The minimum Gasteiger partial charge on any atom is -0.457 e. The van der Waals surface area contributed by atoms with Crippen molar-refractivity contribution < 1.29 is 22.3 Å². The van der Waals surface area contributed by atoms with Gasteiger partial charge < -0.3 is 4.74 Å². The fraction of sp³-hybridized carbons (Fsp3) is 0.133. The molecule has 0 aromatic heterocycles. The van der Waals surface area contributed by atoms with Crippen molar-refractivity contribution in [3.63, 3.8) is 0 Å². The van der Waals surface area contributed by atoms with Crippen LogP contribution >= 0.6 is 11.6 Å². The average molecular weight is 343 g/mol. The van der Waals surface area contributed by atoms with E-state index in [1.165, 1.54) is 30.3 Å². The van der Waals surface area contributed by atoms with Gasteiger partial charge in [-0.1, -0.05) is 29.8 Å². The maximum absolute atomic E-state index is 13.4. The third kappa shape index (κ3) is 3.84.